The number of ether oxygens (including phenoxy) is 1. The number of amides is 1. The summed E-state index contributed by atoms with van der Waals surface area (Å²) < 4.78 is 4.91. The van der Waals surface area contributed by atoms with Gasteiger partial charge in [-0.15, -0.1) is 0 Å². The molecule has 0 aliphatic carbocycles. The maximum atomic E-state index is 11.4. The summed E-state index contributed by atoms with van der Waals surface area (Å²) in [5.74, 6) is 0.0806. The summed E-state index contributed by atoms with van der Waals surface area (Å²) >= 11 is 0. The zero-order valence-corrected chi connectivity index (χ0v) is 12.1. The van der Waals surface area contributed by atoms with Gasteiger partial charge in [0.05, 0.1) is 6.54 Å². The molecule has 0 saturated carbocycles. The summed E-state index contributed by atoms with van der Waals surface area (Å²) in [5.41, 5.74) is 0. The molecule has 0 aromatic heterocycles. The van der Waals surface area contributed by atoms with E-state index < -0.39 is 0 Å². The standard InChI is InChI=1S/C14H30N2O2/c1-3-4-5-6-7-8-10-15-13-14(17)16-11-9-12-18-2/h15H,3-13H2,1-2H3,(H,16,17). The van der Waals surface area contributed by atoms with Crippen LogP contribution in [0, 0.1) is 0 Å². The minimum absolute atomic E-state index is 0.0806. The van der Waals surface area contributed by atoms with Crippen molar-refractivity contribution in [3.8, 4) is 0 Å². The molecule has 0 saturated heterocycles. The smallest absolute Gasteiger partial charge is 0.233 e. The molecule has 0 aromatic carbocycles. The summed E-state index contributed by atoms with van der Waals surface area (Å²) in [6.45, 7) is 5.00. The lowest BCUT2D eigenvalue weighted by Gasteiger charge is -2.06. The number of carbonyl (C=O) groups excluding carboxylic acids is 1. The van der Waals surface area contributed by atoms with Gasteiger partial charge in [0.1, 0.15) is 0 Å². The zero-order chi connectivity index (χ0) is 13.5. The third kappa shape index (κ3) is 13.5. The highest BCUT2D eigenvalue weighted by Crippen LogP contribution is 2.03. The van der Waals surface area contributed by atoms with Gasteiger partial charge in [-0.2, -0.15) is 0 Å². The maximum absolute atomic E-state index is 11.4. The van der Waals surface area contributed by atoms with Crippen LogP contribution in [0.25, 0.3) is 0 Å². The van der Waals surface area contributed by atoms with Gasteiger partial charge in [0.15, 0.2) is 0 Å². The fourth-order valence-electron chi connectivity index (χ4n) is 1.74. The Bertz CT molecular complexity index is 187. The van der Waals surface area contributed by atoms with E-state index in [0.29, 0.717) is 19.7 Å². The lowest BCUT2D eigenvalue weighted by atomic mass is 10.1. The van der Waals surface area contributed by atoms with E-state index in [2.05, 4.69) is 17.6 Å². The molecule has 0 aliphatic heterocycles. The van der Waals surface area contributed by atoms with E-state index in [9.17, 15) is 4.79 Å². The van der Waals surface area contributed by atoms with Crippen molar-refractivity contribution in [2.75, 3.05) is 33.4 Å². The van der Waals surface area contributed by atoms with Crippen LogP contribution in [0.5, 0.6) is 0 Å². The average Bonchev–Trinajstić information content (AvgIpc) is 2.38. The van der Waals surface area contributed by atoms with Crippen molar-refractivity contribution >= 4 is 5.91 Å². The van der Waals surface area contributed by atoms with E-state index in [0.717, 1.165) is 13.0 Å². The minimum atomic E-state index is 0.0806. The van der Waals surface area contributed by atoms with Crippen molar-refractivity contribution in [2.24, 2.45) is 0 Å². The molecule has 0 atom stereocenters. The number of hydrogen-bond donors (Lipinski definition) is 2. The minimum Gasteiger partial charge on any atom is -0.385 e. The van der Waals surface area contributed by atoms with Gasteiger partial charge in [0.25, 0.3) is 0 Å². The second-order valence-electron chi connectivity index (χ2n) is 4.64. The molecular weight excluding hydrogens is 228 g/mol. The van der Waals surface area contributed by atoms with E-state index in [4.69, 9.17) is 4.74 Å². The Morgan fingerprint density at radius 2 is 1.72 bits per heavy atom. The third-order valence-electron chi connectivity index (χ3n) is 2.84. The van der Waals surface area contributed by atoms with Crippen LogP contribution < -0.4 is 10.6 Å². The van der Waals surface area contributed by atoms with Gasteiger partial charge in [-0.05, 0) is 19.4 Å². The Labute approximate surface area is 112 Å². The van der Waals surface area contributed by atoms with Crippen LogP contribution in [0.4, 0.5) is 0 Å². The Balaban J connectivity index is 3.10. The molecule has 0 heterocycles. The first-order chi connectivity index (χ1) is 8.81. The van der Waals surface area contributed by atoms with Crippen LogP contribution >= 0.6 is 0 Å². The number of rotatable bonds is 13. The summed E-state index contributed by atoms with van der Waals surface area (Å²) in [6, 6.07) is 0. The molecule has 0 fully saturated rings. The fourth-order valence-corrected chi connectivity index (χ4v) is 1.74. The predicted molar refractivity (Wildman–Crippen MR) is 75.7 cm³/mol. The van der Waals surface area contributed by atoms with Crippen LogP contribution in [0.15, 0.2) is 0 Å². The molecule has 0 bridgehead atoms. The first kappa shape index (κ1) is 17.4. The van der Waals surface area contributed by atoms with E-state index in [1.807, 2.05) is 0 Å². The van der Waals surface area contributed by atoms with Crippen molar-refractivity contribution < 1.29 is 9.53 Å². The molecule has 0 spiro atoms. The quantitative estimate of drug-likeness (QED) is 0.497. The average molecular weight is 258 g/mol. The van der Waals surface area contributed by atoms with Crippen LogP contribution in [0.2, 0.25) is 0 Å². The summed E-state index contributed by atoms with van der Waals surface area (Å²) in [5, 5.41) is 6.03. The highest BCUT2D eigenvalue weighted by molar-refractivity contribution is 5.77. The maximum Gasteiger partial charge on any atom is 0.233 e. The molecule has 2 N–H and O–H groups in total. The van der Waals surface area contributed by atoms with Crippen LogP contribution in [0.3, 0.4) is 0 Å². The van der Waals surface area contributed by atoms with Crippen molar-refractivity contribution in [1.29, 1.82) is 0 Å². The highest BCUT2D eigenvalue weighted by Gasteiger charge is 1.98. The SMILES string of the molecule is CCCCCCCCNCC(=O)NCCCOC. The van der Waals surface area contributed by atoms with Gasteiger partial charge >= 0.3 is 0 Å². The second-order valence-corrected chi connectivity index (χ2v) is 4.64. The largest absolute Gasteiger partial charge is 0.385 e. The molecule has 0 aliphatic rings. The molecule has 4 heteroatoms. The lowest BCUT2D eigenvalue weighted by Crippen LogP contribution is -2.35. The van der Waals surface area contributed by atoms with Crippen molar-refractivity contribution in [3.63, 3.8) is 0 Å². The van der Waals surface area contributed by atoms with Crippen LogP contribution in [-0.2, 0) is 9.53 Å². The van der Waals surface area contributed by atoms with Crippen LogP contribution in [0.1, 0.15) is 51.9 Å². The van der Waals surface area contributed by atoms with Gasteiger partial charge < -0.3 is 15.4 Å². The molecule has 0 unspecified atom stereocenters. The molecule has 108 valence electrons. The topological polar surface area (TPSA) is 50.4 Å². The van der Waals surface area contributed by atoms with Gasteiger partial charge in [-0.25, -0.2) is 0 Å². The molecule has 4 nitrogen and oxygen atoms in total. The molecule has 0 aromatic rings. The number of nitrogens with one attached hydrogen (secondary N) is 2. The Hall–Kier alpha value is -0.610. The van der Waals surface area contributed by atoms with Gasteiger partial charge in [0.2, 0.25) is 5.91 Å². The Morgan fingerprint density at radius 3 is 2.44 bits per heavy atom. The highest BCUT2D eigenvalue weighted by atomic mass is 16.5. The lowest BCUT2D eigenvalue weighted by molar-refractivity contribution is -0.120. The normalized spacial score (nSPS) is 10.6. The van der Waals surface area contributed by atoms with Gasteiger partial charge in [-0.1, -0.05) is 39.0 Å². The number of carbonyl (C=O) groups is 1. The third-order valence-corrected chi connectivity index (χ3v) is 2.84. The van der Waals surface area contributed by atoms with Gasteiger partial charge in [0, 0.05) is 20.3 Å². The number of methoxy groups -OCH3 is 1. The molecule has 18 heavy (non-hydrogen) atoms. The molecule has 0 radical (unpaired) electrons. The molecular formula is C14H30N2O2. The summed E-state index contributed by atoms with van der Waals surface area (Å²) in [4.78, 5) is 11.4. The first-order valence-electron chi connectivity index (χ1n) is 7.27. The number of unbranched alkanes of at least 4 members (excludes halogenated alkanes) is 5. The van der Waals surface area contributed by atoms with E-state index in [1.54, 1.807) is 7.11 Å². The Morgan fingerprint density at radius 1 is 1.00 bits per heavy atom. The van der Waals surface area contributed by atoms with Crippen molar-refractivity contribution in [2.45, 2.75) is 51.9 Å². The predicted octanol–water partition coefficient (Wildman–Crippen LogP) is 2.09. The summed E-state index contributed by atoms with van der Waals surface area (Å²) in [7, 11) is 1.67. The molecule has 0 rings (SSSR count). The number of hydrogen-bond acceptors (Lipinski definition) is 3. The Kier molecular flexibility index (Phi) is 14.0. The summed E-state index contributed by atoms with van der Waals surface area (Å²) in [6.07, 6.45) is 8.61. The van der Waals surface area contributed by atoms with E-state index in [1.165, 1.54) is 38.5 Å². The molecule has 1 amide bonds. The van der Waals surface area contributed by atoms with E-state index in [-0.39, 0.29) is 5.91 Å². The van der Waals surface area contributed by atoms with E-state index >= 15 is 0 Å². The van der Waals surface area contributed by atoms with Gasteiger partial charge in [-0.3, -0.25) is 4.79 Å². The van der Waals surface area contributed by atoms with Crippen molar-refractivity contribution in [1.82, 2.24) is 10.6 Å². The van der Waals surface area contributed by atoms with Crippen molar-refractivity contribution in [3.05, 3.63) is 0 Å². The van der Waals surface area contributed by atoms with Crippen LogP contribution in [-0.4, -0.2) is 39.3 Å². The monoisotopic (exact) mass is 258 g/mol. The first-order valence-corrected chi connectivity index (χ1v) is 7.27. The second kappa shape index (κ2) is 14.5. The zero-order valence-electron chi connectivity index (χ0n) is 12.1. The fraction of sp³-hybridized carbons (Fsp3) is 0.929.